The molecule has 1 aliphatic rings. The Labute approximate surface area is 152 Å². The van der Waals surface area contributed by atoms with Gasteiger partial charge in [0, 0.05) is 42.7 Å². The molecule has 0 aliphatic carbocycles. The fraction of sp³-hybridized carbons (Fsp3) is 0.211. The molecule has 0 radical (unpaired) electrons. The van der Waals surface area contributed by atoms with Crippen molar-refractivity contribution in [2.24, 2.45) is 5.10 Å². The lowest BCUT2D eigenvalue weighted by molar-refractivity contribution is 0.381. The SMILES string of the molecule is CN1CC(c2cnc3ccc4ccc(CS(=O)O)cc4c(=O)c3c2)C=N1. The Kier molecular flexibility index (Phi) is 4.26. The van der Waals surface area contributed by atoms with Crippen molar-refractivity contribution in [3.8, 4) is 0 Å². The third-order valence-electron chi connectivity index (χ3n) is 4.59. The van der Waals surface area contributed by atoms with Gasteiger partial charge in [-0.25, -0.2) is 4.21 Å². The van der Waals surface area contributed by atoms with Crippen molar-refractivity contribution in [2.45, 2.75) is 11.7 Å². The largest absolute Gasteiger partial charge is 0.306 e. The number of hydrogen-bond acceptors (Lipinski definition) is 5. The van der Waals surface area contributed by atoms with Gasteiger partial charge in [0.2, 0.25) is 0 Å². The van der Waals surface area contributed by atoms with Gasteiger partial charge in [0.25, 0.3) is 0 Å². The molecule has 0 bridgehead atoms. The third-order valence-corrected chi connectivity index (χ3v) is 5.17. The minimum Gasteiger partial charge on any atom is -0.306 e. The molecule has 2 aromatic carbocycles. The first-order valence-corrected chi connectivity index (χ1v) is 9.47. The quantitative estimate of drug-likeness (QED) is 0.719. The summed E-state index contributed by atoms with van der Waals surface area (Å²) in [5, 5.41) is 7.96. The molecule has 1 aliphatic heterocycles. The number of likely N-dealkylation sites (N-methyl/N-ethyl adjacent to an activating group) is 1. The Hall–Kier alpha value is -2.64. The van der Waals surface area contributed by atoms with Crippen LogP contribution in [0, 0.1) is 0 Å². The highest BCUT2D eigenvalue weighted by Crippen LogP contribution is 2.22. The number of fused-ring (bicyclic) bond motifs is 2. The number of hydrogen-bond donors (Lipinski definition) is 1. The Morgan fingerprint density at radius 2 is 2.04 bits per heavy atom. The molecule has 6 nitrogen and oxygen atoms in total. The second-order valence-electron chi connectivity index (χ2n) is 6.46. The van der Waals surface area contributed by atoms with Gasteiger partial charge in [-0.3, -0.25) is 14.8 Å². The topological polar surface area (TPSA) is 82.9 Å². The minimum absolute atomic E-state index is 0.000292. The minimum atomic E-state index is -1.95. The van der Waals surface area contributed by atoms with E-state index in [1.54, 1.807) is 24.4 Å². The number of benzene rings is 1. The standard InChI is InChI=1S/C19H17N3O3S/c1-22-10-15(9-21-22)14-7-17-18(20-8-14)5-4-13-3-2-12(11-26(24)25)6-16(13)19(17)23/h2-9,15H,10-11H2,1H3,(H,24,25). The van der Waals surface area contributed by atoms with Gasteiger partial charge in [-0.15, -0.1) is 0 Å². The summed E-state index contributed by atoms with van der Waals surface area (Å²) in [5.41, 5.74) is 2.12. The number of aromatic nitrogens is 1. The van der Waals surface area contributed by atoms with Crippen molar-refractivity contribution in [3.63, 3.8) is 0 Å². The van der Waals surface area contributed by atoms with E-state index >= 15 is 0 Å². The number of hydrazone groups is 1. The molecule has 0 saturated heterocycles. The molecule has 132 valence electrons. The van der Waals surface area contributed by atoms with E-state index in [1.807, 2.05) is 36.5 Å². The van der Waals surface area contributed by atoms with E-state index in [0.717, 1.165) is 17.5 Å². The number of pyridine rings is 1. The summed E-state index contributed by atoms with van der Waals surface area (Å²) in [6.45, 7) is 0.757. The van der Waals surface area contributed by atoms with E-state index < -0.39 is 11.1 Å². The van der Waals surface area contributed by atoms with Crippen LogP contribution in [0.2, 0.25) is 0 Å². The summed E-state index contributed by atoms with van der Waals surface area (Å²) in [6, 6.07) is 10.8. The Bertz CT molecular complexity index is 1130. The van der Waals surface area contributed by atoms with Gasteiger partial charge in [0.15, 0.2) is 16.5 Å². The van der Waals surface area contributed by atoms with Crippen LogP contribution in [0.5, 0.6) is 0 Å². The molecule has 0 saturated carbocycles. The fourth-order valence-corrected chi connectivity index (χ4v) is 3.73. The predicted octanol–water partition coefficient (Wildman–Crippen LogP) is 2.48. The van der Waals surface area contributed by atoms with Gasteiger partial charge >= 0.3 is 0 Å². The zero-order chi connectivity index (χ0) is 18.3. The zero-order valence-corrected chi connectivity index (χ0v) is 14.9. The summed E-state index contributed by atoms with van der Waals surface area (Å²) in [6.07, 6.45) is 3.66. The maximum atomic E-state index is 13.1. The van der Waals surface area contributed by atoms with Crippen molar-refractivity contribution in [2.75, 3.05) is 13.6 Å². The normalized spacial score (nSPS) is 17.9. The monoisotopic (exact) mass is 367 g/mol. The second-order valence-corrected chi connectivity index (χ2v) is 7.39. The van der Waals surface area contributed by atoms with Gasteiger partial charge < -0.3 is 4.55 Å². The average molecular weight is 367 g/mol. The van der Waals surface area contributed by atoms with Crippen LogP contribution in [0.25, 0.3) is 21.7 Å². The van der Waals surface area contributed by atoms with Crippen molar-refractivity contribution < 1.29 is 8.76 Å². The first-order valence-electron chi connectivity index (χ1n) is 8.19. The van der Waals surface area contributed by atoms with Crippen LogP contribution in [-0.2, 0) is 16.8 Å². The summed E-state index contributed by atoms with van der Waals surface area (Å²) >= 11 is -1.95. The molecule has 7 heteroatoms. The van der Waals surface area contributed by atoms with Gasteiger partial charge in [-0.1, -0.05) is 18.2 Å². The smallest absolute Gasteiger partial charge is 0.195 e. The van der Waals surface area contributed by atoms with Crippen LogP contribution in [-0.4, -0.2) is 38.6 Å². The molecular weight excluding hydrogens is 350 g/mol. The van der Waals surface area contributed by atoms with Crippen molar-refractivity contribution in [3.05, 3.63) is 63.9 Å². The lowest BCUT2D eigenvalue weighted by Crippen LogP contribution is -2.12. The van der Waals surface area contributed by atoms with Crippen LogP contribution in [0.4, 0.5) is 0 Å². The molecule has 1 aromatic heterocycles. The molecule has 4 rings (SSSR count). The third kappa shape index (κ3) is 3.11. The van der Waals surface area contributed by atoms with Crippen molar-refractivity contribution in [1.82, 2.24) is 9.99 Å². The van der Waals surface area contributed by atoms with E-state index in [0.29, 0.717) is 21.9 Å². The second kappa shape index (κ2) is 6.59. The van der Waals surface area contributed by atoms with Crippen LogP contribution in [0.1, 0.15) is 17.0 Å². The molecule has 3 aromatic rings. The zero-order valence-electron chi connectivity index (χ0n) is 14.1. The highest BCUT2D eigenvalue weighted by atomic mass is 32.2. The molecule has 2 unspecified atom stereocenters. The van der Waals surface area contributed by atoms with E-state index in [2.05, 4.69) is 10.1 Å². The summed E-state index contributed by atoms with van der Waals surface area (Å²) in [5.74, 6) is 0.112. The van der Waals surface area contributed by atoms with E-state index in [9.17, 15) is 9.00 Å². The van der Waals surface area contributed by atoms with Gasteiger partial charge in [0.05, 0.1) is 11.3 Å². The highest BCUT2D eigenvalue weighted by molar-refractivity contribution is 7.78. The van der Waals surface area contributed by atoms with Crippen molar-refractivity contribution >= 4 is 39.0 Å². The molecule has 0 fully saturated rings. The fourth-order valence-electron chi connectivity index (χ4n) is 3.27. The van der Waals surface area contributed by atoms with Crippen LogP contribution < -0.4 is 5.43 Å². The van der Waals surface area contributed by atoms with E-state index in [4.69, 9.17) is 4.55 Å². The van der Waals surface area contributed by atoms with Crippen LogP contribution in [0.15, 0.2) is 52.5 Å². The lowest BCUT2D eigenvalue weighted by Gasteiger charge is -2.10. The van der Waals surface area contributed by atoms with Gasteiger partial charge in [0.1, 0.15) is 0 Å². The average Bonchev–Trinajstić information content (AvgIpc) is 3.00. The molecule has 26 heavy (non-hydrogen) atoms. The Balaban J connectivity index is 1.92. The molecule has 2 heterocycles. The number of nitrogens with zero attached hydrogens (tertiary/aromatic N) is 3. The Morgan fingerprint density at radius 1 is 1.23 bits per heavy atom. The van der Waals surface area contributed by atoms with Gasteiger partial charge in [-0.05, 0) is 34.7 Å². The van der Waals surface area contributed by atoms with Crippen LogP contribution in [0.3, 0.4) is 0 Å². The Morgan fingerprint density at radius 3 is 2.77 bits per heavy atom. The summed E-state index contributed by atoms with van der Waals surface area (Å²) < 4.78 is 20.2. The summed E-state index contributed by atoms with van der Waals surface area (Å²) in [7, 11) is 1.91. The predicted molar refractivity (Wildman–Crippen MR) is 104 cm³/mol. The maximum Gasteiger partial charge on any atom is 0.195 e. The van der Waals surface area contributed by atoms with Gasteiger partial charge in [-0.2, -0.15) is 5.10 Å². The molecule has 0 spiro atoms. The highest BCUT2D eigenvalue weighted by Gasteiger charge is 2.18. The summed E-state index contributed by atoms with van der Waals surface area (Å²) in [4.78, 5) is 17.6. The lowest BCUT2D eigenvalue weighted by atomic mass is 10.0. The molecule has 0 amide bonds. The molecule has 1 N–H and O–H groups in total. The first-order chi connectivity index (χ1) is 12.5. The molecule has 2 atom stereocenters. The number of rotatable bonds is 3. The van der Waals surface area contributed by atoms with Crippen LogP contribution >= 0.6 is 0 Å². The van der Waals surface area contributed by atoms with E-state index in [1.165, 1.54) is 0 Å². The molecular formula is C19H17N3O3S. The first kappa shape index (κ1) is 16.8. The van der Waals surface area contributed by atoms with E-state index in [-0.39, 0.29) is 17.1 Å². The maximum absolute atomic E-state index is 13.1. The van der Waals surface area contributed by atoms with Crippen molar-refractivity contribution in [1.29, 1.82) is 0 Å².